The molecule has 0 aliphatic rings. The summed E-state index contributed by atoms with van der Waals surface area (Å²) in [4.78, 5) is 0. The van der Waals surface area contributed by atoms with Gasteiger partial charge in [0.25, 0.3) is 0 Å². The molecule has 0 bridgehead atoms. The maximum Gasteiger partial charge on any atom is 0.139 e. The first-order valence-corrected chi connectivity index (χ1v) is 8.19. The summed E-state index contributed by atoms with van der Waals surface area (Å²) in [7, 11) is 0. The summed E-state index contributed by atoms with van der Waals surface area (Å²) in [5.74, 6) is 0.702. The second kappa shape index (κ2) is 7.50. The number of ether oxygens (including phenoxy) is 1. The molecule has 2 atom stereocenters. The Bertz CT molecular complexity index is 621. The molecular weight excluding hydrogens is 373 g/mol. The van der Waals surface area contributed by atoms with E-state index in [0.717, 1.165) is 16.5 Å². The monoisotopic (exact) mass is 387 g/mol. The SMILES string of the molecule is CCC(N)C(Oc1ccc(Cl)cc1Br)c1cccc(Cl)c1. The summed E-state index contributed by atoms with van der Waals surface area (Å²) in [6, 6.07) is 12.8. The average Bonchev–Trinajstić information content (AvgIpc) is 2.45. The lowest BCUT2D eigenvalue weighted by Crippen LogP contribution is -2.31. The van der Waals surface area contributed by atoms with Gasteiger partial charge >= 0.3 is 0 Å². The van der Waals surface area contributed by atoms with Crippen molar-refractivity contribution in [3.05, 3.63) is 62.5 Å². The maximum absolute atomic E-state index is 6.22. The second-order valence-electron chi connectivity index (χ2n) is 4.74. The standard InChI is InChI=1S/C16H16BrCl2NO/c1-2-14(20)16(10-4-3-5-11(18)8-10)21-15-7-6-12(19)9-13(15)17/h3-9,14,16H,2,20H2,1H3. The topological polar surface area (TPSA) is 35.2 Å². The zero-order valence-corrected chi connectivity index (χ0v) is 14.6. The van der Waals surface area contributed by atoms with Gasteiger partial charge in [-0.25, -0.2) is 0 Å². The van der Waals surface area contributed by atoms with Crippen LogP contribution in [0.2, 0.25) is 10.0 Å². The lowest BCUT2D eigenvalue weighted by Gasteiger charge is -2.25. The van der Waals surface area contributed by atoms with Crippen molar-refractivity contribution in [3.8, 4) is 5.75 Å². The maximum atomic E-state index is 6.22. The van der Waals surface area contributed by atoms with E-state index >= 15 is 0 Å². The van der Waals surface area contributed by atoms with E-state index in [9.17, 15) is 0 Å². The predicted octanol–water partition coefficient (Wildman–Crippen LogP) is 5.61. The Morgan fingerprint density at radius 1 is 1.14 bits per heavy atom. The molecule has 21 heavy (non-hydrogen) atoms. The highest BCUT2D eigenvalue weighted by Gasteiger charge is 2.21. The fourth-order valence-electron chi connectivity index (χ4n) is 2.01. The molecule has 0 aliphatic heterocycles. The number of hydrogen-bond acceptors (Lipinski definition) is 2. The number of benzene rings is 2. The van der Waals surface area contributed by atoms with E-state index in [0.29, 0.717) is 15.8 Å². The van der Waals surface area contributed by atoms with Crippen molar-refractivity contribution in [2.45, 2.75) is 25.5 Å². The average molecular weight is 389 g/mol. The van der Waals surface area contributed by atoms with Crippen molar-refractivity contribution in [2.24, 2.45) is 5.73 Å². The van der Waals surface area contributed by atoms with Crippen LogP contribution >= 0.6 is 39.1 Å². The van der Waals surface area contributed by atoms with E-state index in [2.05, 4.69) is 15.9 Å². The van der Waals surface area contributed by atoms with Crippen molar-refractivity contribution >= 4 is 39.1 Å². The second-order valence-corrected chi connectivity index (χ2v) is 6.47. The third-order valence-corrected chi connectivity index (χ3v) is 4.28. The molecule has 0 fully saturated rings. The van der Waals surface area contributed by atoms with Crippen LogP contribution < -0.4 is 10.5 Å². The van der Waals surface area contributed by atoms with Gasteiger partial charge in [-0.2, -0.15) is 0 Å². The number of halogens is 3. The molecule has 2 aromatic rings. The van der Waals surface area contributed by atoms with Gasteiger partial charge in [-0.15, -0.1) is 0 Å². The van der Waals surface area contributed by atoms with E-state index in [1.807, 2.05) is 37.3 Å². The van der Waals surface area contributed by atoms with Crippen LogP contribution in [0.5, 0.6) is 5.75 Å². The molecule has 0 aromatic heterocycles. The molecule has 0 aliphatic carbocycles. The fourth-order valence-corrected chi connectivity index (χ4v) is 2.98. The highest BCUT2D eigenvalue weighted by Crippen LogP contribution is 2.33. The van der Waals surface area contributed by atoms with Gasteiger partial charge in [0, 0.05) is 16.1 Å². The summed E-state index contributed by atoms with van der Waals surface area (Å²) in [5.41, 5.74) is 7.17. The van der Waals surface area contributed by atoms with Crippen LogP contribution in [0, 0.1) is 0 Å². The molecule has 2 aromatic carbocycles. The van der Waals surface area contributed by atoms with Gasteiger partial charge < -0.3 is 10.5 Å². The molecule has 0 saturated carbocycles. The predicted molar refractivity (Wildman–Crippen MR) is 92.2 cm³/mol. The molecule has 0 amide bonds. The van der Waals surface area contributed by atoms with Gasteiger partial charge in [0.2, 0.25) is 0 Å². The van der Waals surface area contributed by atoms with E-state index < -0.39 is 0 Å². The molecule has 5 heteroatoms. The lowest BCUT2D eigenvalue weighted by molar-refractivity contribution is 0.170. The van der Waals surface area contributed by atoms with Crippen LogP contribution in [-0.4, -0.2) is 6.04 Å². The van der Waals surface area contributed by atoms with Gasteiger partial charge in [0.1, 0.15) is 11.9 Å². The third-order valence-electron chi connectivity index (χ3n) is 3.19. The highest BCUT2D eigenvalue weighted by atomic mass is 79.9. The van der Waals surface area contributed by atoms with Crippen molar-refractivity contribution in [1.82, 2.24) is 0 Å². The molecule has 2 N–H and O–H groups in total. The molecular formula is C16H16BrCl2NO. The zero-order chi connectivity index (χ0) is 15.4. The molecule has 0 heterocycles. The fraction of sp³-hybridized carbons (Fsp3) is 0.250. The minimum absolute atomic E-state index is 0.133. The number of nitrogens with two attached hydrogens (primary N) is 1. The van der Waals surface area contributed by atoms with Crippen molar-refractivity contribution < 1.29 is 4.74 Å². The molecule has 112 valence electrons. The van der Waals surface area contributed by atoms with Crippen molar-refractivity contribution in [3.63, 3.8) is 0 Å². The van der Waals surface area contributed by atoms with Crippen molar-refractivity contribution in [1.29, 1.82) is 0 Å². The first-order chi connectivity index (χ1) is 10.0. The minimum atomic E-state index is -0.272. The Kier molecular flexibility index (Phi) is 5.94. The Labute approximate surface area is 143 Å². The van der Waals surface area contributed by atoms with Crippen LogP contribution in [0.1, 0.15) is 25.0 Å². The Balaban J connectivity index is 2.33. The number of hydrogen-bond donors (Lipinski definition) is 1. The van der Waals surface area contributed by atoms with E-state index in [1.165, 1.54) is 0 Å². The van der Waals surface area contributed by atoms with Crippen LogP contribution in [0.4, 0.5) is 0 Å². The van der Waals surface area contributed by atoms with E-state index in [4.69, 9.17) is 33.7 Å². The van der Waals surface area contributed by atoms with Crippen LogP contribution in [0.25, 0.3) is 0 Å². The molecule has 0 saturated heterocycles. The largest absolute Gasteiger partial charge is 0.483 e. The molecule has 2 unspecified atom stereocenters. The van der Waals surface area contributed by atoms with Gasteiger partial charge in [0.05, 0.1) is 4.47 Å². The molecule has 2 nitrogen and oxygen atoms in total. The Morgan fingerprint density at radius 2 is 1.86 bits per heavy atom. The van der Waals surface area contributed by atoms with Gasteiger partial charge in [0.15, 0.2) is 0 Å². The summed E-state index contributed by atoms with van der Waals surface area (Å²) < 4.78 is 6.90. The number of rotatable bonds is 5. The Morgan fingerprint density at radius 3 is 2.48 bits per heavy atom. The van der Waals surface area contributed by atoms with Gasteiger partial charge in [-0.1, -0.05) is 42.3 Å². The van der Waals surface area contributed by atoms with E-state index in [1.54, 1.807) is 12.1 Å². The van der Waals surface area contributed by atoms with Gasteiger partial charge in [-0.05, 0) is 58.2 Å². The zero-order valence-electron chi connectivity index (χ0n) is 11.5. The summed E-state index contributed by atoms with van der Waals surface area (Å²) in [5, 5.41) is 1.31. The summed E-state index contributed by atoms with van der Waals surface area (Å²) in [6.07, 6.45) is 0.522. The molecule has 0 spiro atoms. The normalized spacial score (nSPS) is 13.8. The Hall–Kier alpha value is -0.740. The lowest BCUT2D eigenvalue weighted by atomic mass is 10.0. The quantitative estimate of drug-likeness (QED) is 0.721. The van der Waals surface area contributed by atoms with Gasteiger partial charge in [-0.3, -0.25) is 0 Å². The van der Waals surface area contributed by atoms with E-state index in [-0.39, 0.29) is 12.1 Å². The third kappa shape index (κ3) is 4.36. The van der Waals surface area contributed by atoms with Crippen LogP contribution in [-0.2, 0) is 0 Å². The first kappa shape index (κ1) is 16.6. The van der Waals surface area contributed by atoms with Crippen molar-refractivity contribution in [2.75, 3.05) is 0 Å². The minimum Gasteiger partial charge on any atom is -0.483 e. The summed E-state index contributed by atoms with van der Waals surface area (Å²) in [6.45, 7) is 2.03. The van der Waals surface area contributed by atoms with Crippen LogP contribution in [0.15, 0.2) is 46.9 Å². The molecule has 2 rings (SSSR count). The summed E-state index contributed by atoms with van der Waals surface area (Å²) >= 11 is 15.5. The van der Waals surface area contributed by atoms with Crippen LogP contribution in [0.3, 0.4) is 0 Å². The molecule has 0 radical (unpaired) electrons. The smallest absolute Gasteiger partial charge is 0.139 e. The first-order valence-electron chi connectivity index (χ1n) is 6.64. The highest BCUT2D eigenvalue weighted by molar-refractivity contribution is 9.10.